The van der Waals surface area contributed by atoms with E-state index in [1.807, 2.05) is 25.1 Å². The van der Waals surface area contributed by atoms with Crippen LogP contribution in [0.1, 0.15) is 6.92 Å². The minimum atomic E-state index is -0.0269. The fourth-order valence-corrected chi connectivity index (χ4v) is 3.60. The first-order valence-corrected chi connectivity index (χ1v) is 6.86. The number of thioether (sulfide) groups is 1. The van der Waals surface area contributed by atoms with Crippen molar-refractivity contribution in [2.75, 3.05) is 17.2 Å². The lowest BCUT2D eigenvalue weighted by Crippen LogP contribution is -2.45. The number of carbonyl (C=O) groups excluding carboxylic acids is 1. The van der Waals surface area contributed by atoms with Crippen LogP contribution in [0.4, 0.5) is 5.69 Å². The van der Waals surface area contributed by atoms with Gasteiger partial charge in [0.25, 0.3) is 0 Å². The number of amides is 1. The van der Waals surface area contributed by atoms with E-state index in [-0.39, 0.29) is 18.5 Å². The molecule has 0 saturated heterocycles. The van der Waals surface area contributed by atoms with Gasteiger partial charge < -0.3 is 10.6 Å². The molecule has 0 spiro atoms. The Morgan fingerprint density at radius 3 is 3.12 bits per heavy atom. The first-order chi connectivity index (χ1) is 7.65. The van der Waals surface area contributed by atoms with Gasteiger partial charge in [-0.3, -0.25) is 4.79 Å². The average Bonchev–Trinajstić information content (AvgIpc) is 2.29. The van der Waals surface area contributed by atoms with Gasteiger partial charge in [-0.15, -0.1) is 11.8 Å². The Balaban J connectivity index is 2.51. The van der Waals surface area contributed by atoms with E-state index >= 15 is 0 Å². The molecule has 0 aromatic heterocycles. The molecular weight excluding hydrogens is 288 g/mol. The molecule has 0 saturated carbocycles. The Labute approximate surface area is 108 Å². The fourth-order valence-electron chi connectivity index (χ4n) is 1.82. The van der Waals surface area contributed by atoms with Gasteiger partial charge in [0, 0.05) is 21.2 Å². The quantitative estimate of drug-likeness (QED) is 0.865. The van der Waals surface area contributed by atoms with Gasteiger partial charge in [0.05, 0.1) is 12.2 Å². The molecule has 0 aliphatic carbocycles. The van der Waals surface area contributed by atoms with Crippen LogP contribution in [0, 0.1) is 0 Å². The average molecular weight is 301 g/mol. The smallest absolute Gasteiger partial charge is 0.241 e. The number of hydrogen-bond acceptors (Lipinski definition) is 3. The van der Waals surface area contributed by atoms with E-state index < -0.39 is 0 Å². The number of carbonyl (C=O) groups is 1. The van der Waals surface area contributed by atoms with Gasteiger partial charge in [0.15, 0.2) is 0 Å². The molecule has 1 heterocycles. The SMILES string of the molecule is CC1CSc2cccc(Br)c2N1C(=O)CN. The van der Waals surface area contributed by atoms with Crippen LogP contribution >= 0.6 is 27.7 Å². The summed E-state index contributed by atoms with van der Waals surface area (Å²) in [7, 11) is 0. The zero-order valence-corrected chi connectivity index (χ0v) is 11.3. The van der Waals surface area contributed by atoms with Crippen LogP contribution in [-0.2, 0) is 4.79 Å². The molecular formula is C11H13BrN2OS. The van der Waals surface area contributed by atoms with Crippen LogP contribution < -0.4 is 10.6 Å². The first kappa shape index (κ1) is 12.0. The predicted molar refractivity (Wildman–Crippen MR) is 70.9 cm³/mol. The van der Waals surface area contributed by atoms with Crippen molar-refractivity contribution < 1.29 is 4.79 Å². The molecule has 2 rings (SSSR count). The van der Waals surface area contributed by atoms with Crippen LogP contribution in [0.2, 0.25) is 0 Å². The van der Waals surface area contributed by atoms with E-state index in [0.29, 0.717) is 0 Å². The molecule has 1 aromatic rings. The zero-order chi connectivity index (χ0) is 11.7. The number of rotatable bonds is 1. The molecule has 1 aliphatic heterocycles. The van der Waals surface area contributed by atoms with E-state index in [4.69, 9.17) is 5.73 Å². The highest BCUT2D eigenvalue weighted by Gasteiger charge is 2.29. The molecule has 1 amide bonds. The van der Waals surface area contributed by atoms with Gasteiger partial charge in [0.2, 0.25) is 5.91 Å². The summed E-state index contributed by atoms with van der Waals surface area (Å²) >= 11 is 5.28. The number of benzene rings is 1. The minimum Gasteiger partial charge on any atom is -0.322 e. The summed E-state index contributed by atoms with van der Waals surface area (Å²) in [5.74, 6) is 0.885. The van der Waals surface area contributed by atoms with E-state index in [1.165, 1.54) is 0 Å². The number of anilines is 1. The molecule has 1 atom stereocenters. The number of halogens is 1. The van der Waals surface area contributed by atoms with Gasteiger partial charge >= 0.3 is 0 Å². The maximum Gasteiger partial charge on any atom is 0.241 e. The molecule has 1 aromatic carbocycles. The summed E-state index contributed by atoms with van der Waals surface area (Å²) in [6, 6.07) is 6.16. The summed E-state index contributed by atoms with van der Waals surface area (Å²) < 4.78 is 0.950. The second kappa shape index (κ2) is 4.77. The van der Waals surface area contributed by atoms with Crippen LogP contribution in [0.25, 0.3) is 0 Å². The Kier molecular flexibility index (Phi) is 3.56. The van der Waals surface area contributed by atoms with Crippen molar-refractivity contribution in [1.29, 1.82) is 0 Å². The summed E-state index contributed by atoms with van der Waals surface area (Å²) in [6.45, 7) is 2.10. The molecule has 1 aliphatic rings. The topological polar surface area (TPSA) is 46.3 Å². The highest BCUT2D eigenvalue weighted by molar-refractivity contribution is 9.10. The summed E-state index contributed by atoms with van der Waals surface area (Å²) in [4.78, 5) is 14.8. The van der Waals surface area contributed by atoms with Gasteiger partial charge in [-0.1, -0.05) is 6.07 Å². The number of para-hydroxylation sites is 1. The van der Waals surface area contributed by atoms with E-state index in [2.05, 4.69) is 15.9 Å². The number of nitrogens with two attached hydrogens (primary N) is 1. The van der Waals surface area contributed by atoms with Crippen molar-refractivity contribution in [1.82, 2.24) is 0 Å². The molecule has 1 unspecified atom stereocenters. The van der Waals surface area contributed by atoms with Crippen LogP contribution in [0.3, 0.4) is 0 Å². The second-order valence-corrected chi connectivity index (χ2v) is 5.63. The van der Waals surface area contributed by atoms with Crippen molar-refractivity contribution in [2.45, 2.75) is 17.9 Å². The normalized spacial score (nSPS) is 19.4. The number of hydrogen-bond donors (Lipinski definition) is 1. The van der Waals surface area contributed by atoms with Gasteiger partial charge in [-0.25, -0.2) is 0 Å². The summed E-state index contributed by atoms with van der Waals surface area (Å²) in [5.41, 5.74) is 6.42. The lowest BCUT2D eigenvalue weighted by Gasteiger charge is -2.35. The molecule has 86 valence electrons. The van der Waals surface area contributed by atoms with Crippen LogP contribution in [0.15, 0.2) is 27.6 Å². The van der Waals surface area contributed by atoms with Crippen molar-refractivity contribution in [3.05, 3.63) is 22.7 Å². The molecule has 0 bridgehead atoms. The minimum absolute atomic E-state index is 0.0269. The van der Waals surface area contributed by atoms with Crippen molar-refractivity contribution in [2.24, 2.45) is 5.73 Å². The monoisotopic (exact) mass is 300 g/mol. The van der Waals surface area contributed by atoms with Crippen molar-refractivity contribution in [3.8, 4) is 0 Å². The van der Waals surface area contributed by atoms with Crippen LogP contribution in [-0.4, -0.2) is 24.2 Å². The van der Waals surface area contributed by atoms with E-state index in [9.17, 15) is 4.79 Å². The predicted octanol–water partition coefficient (Wildman–Crippen LogP) is 2.24. The van der Waals surface area contributed by atoms with Gasteiger partial charge in [-0.2, -0.15) is 0 Å². The number of nitrogens with zero attached hydrogens (tertiary/aromatic N) is 1. The lowest BCUT2D eigenvalue weighted by molar-refractivity contribution is -0.117. The third-order valence-corrected chi connectivity index (χ3v) is 4.48. The largest absolute Gasteiger partial charge is 0.322 e. The molecule has 5 heteroatoms. The maximum absolute atomic E-state index is 11.9. The molecule has 0 fully saturated rings. The first-order valence-electron chi connectivity index (χ1n) is 5.08. The third-order valence-electron chi connectivity index (χ3n) is 2.55. The highest BCUT2D eigenvalue weighted by Crippen LogP contribution is 2.41. The van der Waals surface area contributed by atoms with Crippen molar-refractivity contribution in [3.63, 3.8) is 0 Å². The fraction of sp³-hybridized carbons (Fsp3) is 0.364. The van der Waals surface area contributed by atoms with Crippen LogP contribution in [0.5, 0.6) is 0 Å². The maximum atomic E-state index is 11.9. The van der Waals surface area contributed by atoms with Crippen molar-refractivity contribution >= 4 is 39.3 Å². The second-order valence-electron chi connectivity index (χ2n) is 3.71. The Morgan fingerprint density at radius 1 is 1.69 bits per heavy atom. The Hall–Kier alpha value is -0.520. The van der Waals surface area contributed by atoms with E-state index in [1.54, 1.807) is 16.7 Å². The molecule has 0 radical (unpaired) electrons. The molecule has 3 nitrogen and oxygen atoms in total. The number of fused-ring (bicyclic) bond motifs is 1. The lowest BCUT2D eigenvalue weighted by atomic mass is 10.2. The molecule has 16 heavy (non-hydrogen) atoms. The van der Waals surface area contributed by atoms with Gasteiger partial charge in [0.1, 0.15) is 0 Å². The Morgan fingerprint density at radius 2 is 2.44 bits per heavy atom. The zero-order valence-electron chi connectivity index (χ0n) is 8.94. The highest BCUT2D eigenvalue weighted by atomic mass is 79.9. The molecule has 2 N–H and O–H groups in total. The Bertz CT molecular complexity index is 424. The third kappa shape index (κ3) is 1.99. The summed E-state index contributed by atoms with van der Waals surface area (Å²) in [5, 5.41) is 0. The van der Waals surface area contributed by atoms with E-state index in [0.717, 1.165) is 20.8 Å². The van der Waals surface area contributed by atoms with Gasteiger partial charge in [-0.05, 0) is 35.0 Å². The summed E-state index contributed by atoms with van der Waals surface area (Å²) in [6.07, 6.45) is 0. The standard InChI is InChI=1S/C11H13BrN2OS/c1-7-6-16-9-4-2-3-8(12)11(9)14(7)10(15)5-13/h2-4,7H,5-6,13H2,1H3.